The van der Waals surface area contributed by atoms with Gasteiger partial charge >= 0.3 is 0 Å². The average molecular weight is 167 g/mol. The second-order valence-corrected chi connectivity index (χ2v) is 2.22. The Morgan fingerprint density at radius 3 is 2.30 bits per heavy atom. The summed E-state index contributed by atoms with van der Waals surface area (Å²) in [5, 5.41) is 2.87. The van der Waals surface area contributed by atoms with E-state index in [2.05, 4.69) is 23.7 Å². The fourth-order valence-corrected chi connectivity index (χ4v) is 0.392. The summed E-state index contributed by atoms with van der Waals surface area (Å²) in [4.78, 5) is 8.07. The van der Waals surface area contributed by atoms with Crippen molar-refractivity contribution < 1.29 is 9.42 Å². The molecule has 0 aromatic carbocycles. The normalized spacial score (nSPS) is 9.60. The van der Waals surface area contributed by atoms with E-state index in [0.717, 1.165) is 6.54 Å². The monoisotopic (exact) mass is 167 g/mol. The highest BCUT2D eigenvalue weighted by Crippen LogP contribution is 1.99. The zero-order chi connectivity index (χ0) is 8.24. The predicted octanol–water partition coefficient (Wildman–Crippen LogP) is 1.14. The van der Waals surface area contributed by atoms with Crippen molar-refractivity contribution >= 4 is 9.03 Å². The minimum atomic E-state index is -0.372. The topological polar surface area (TPSA) is 41.5 Å². The Morgan fingerprint density at radius 2 is 2.00 bits per heavy atom. The van der Waals surface area contributed by atoms with Crippen LogP contribution >= 0.6 is 9.03 Å². The van der Waals surface area contributed by atoms with Gasteiger partial charge in [-0.05, 0) is 7.05 Å². The van der Waals surface area contributed by atoms with Gasteiger partial charge in [-0.1, -0.05) is 20.3 Å². The van der Waals surface area contributed by atoms with Crippen LogP contribution in [0.25, 0.3) is 0 Å². The van der Waals surface area contributed by atoms with E-state index in [1.165, 1.54) is 6.42 Å². The van der Waals surface area contributed by atoms with Crippen LogP contribution in [0.5, 0.6) is 0 Å². The van der Waals surface area contributed by atoms with Crippen LogP contribution in [0.4, 0.5) is 0 Å². The van der Waals surface area contributed by atoms with Crippen molar-refractivity contribution in [2.45, 2.75) is 20.3 Å². The molecule has 0 fully saturated rings. The molecule has 0 aliphatic carbocycles. The smallest absolute Gasteiger partial charge is 0.152 e. The van der Waals surface area contributed by atoms with Crippen molar-refractivity contribution in [2.24, 2.45) is 0 Å². The fraction of sp³-hybridized carbons (Fsp3) is 1.00. The Morgan fingerprint density at radius 1 is 1.50 bits per heavy atom. The summed E-state index contributed by atoms with van der Waals surface area (Å²) in [6.45, 7) is 5.64. The molecule has 0 saturated heterocycles. The van der Waals surface area contributed by atoms with E-state index >= 15 is 0 Å². The van der Waals surface area contributed by atoms with E-state index in [0.29, 0.717) is 6.61 Å². The molecule has 1 unspecified atom stereocenters. The lowest BCUT2D eigenvalue weighted by Gasteiger charge is -1.95. The van der Waals surface area contributed by atoms with Crippen molar-refractivity contribution in [1.82, 2.24) is 5.32 Å². The van der Waals surface area contributed by atoms with Gasteiger partial charge in [-0.15, -0.1) is 0 Å². The van der Waals surface area contributed by atoms with E-state index < -0.39 is 0 Å². The van der Waals surface area contributed by atoms with E-state index in [1.54, 1.807) is 0 Å². The second kappa shape index (κ2) is 16.1. The van der Waals surface area contributed by atoms with Crippen molar-refractivity contribution in [2.75, 3.05) is 20.2 Å². The predicted molar refractivity (Wildman–Crippen MR) is 46.4 cm³/mol. The number of hydrogen-bond acceptors (Lipinski definition) is 3. The minimum absolute atomic E-state index is 0.372. The van der Waals surface area contributed by atoms with Gasteiger partial charge in [0.15, 0.2) is 9.03 Å². The Bertz CT molecular complexity index is 42.7. The first-order chi connectivity index (χ1) is 4.83. The molecule has 2 N–H and O–H groups in total. The zero-order valence-corrected chi connectivity index (χ0v) is 7.98. The number of rotatable bonds is 4. The van der Waals surface area contributed by atoms with Crippen LogP contribution in [0, 0.1) is 0 Å². The highest BCUT2D eigenvalue weighted by Gasteiger charge is 1.78. The summed E-state index contributed by atoms with van der Waals surface area (Å²) < 4.78 is 4.59. The van der Waals surface area contributed by atoms with Gasteiger partial charge in [0.25, 0.3) is 0 Å². The van der Waals surface area contributed by atoms with E-state index in [1.807, 2.05) is 7.05 Å². The van der Waals surface area contributed by atoms with Gasteiger partial charge in [0.2, 0.25) is 0 Å². The molecule has 10 heavy (non-hydrogen) atoms. The highest BCUT2D eigenvalue weighted by atomic mass is 31.1. The molecule has 0 bridgehead atoms. The zero-order valence-electron chi connectivity index (χ0n) is 6.98. The molecule has 4 heteroatoms. The van der Waals surface area contributed by atoms with Crippen LogP contribution < -0.4 is 5.32 Å². The first-order valence-electron chi connectivity index (χ1n) is 3.48. The molecular weight excluding hydrogens is 149 g/mol. The van der Waals surface area contributed by atoms with Crippen LogP contribution in [-0.4, -0.2) is 25.1 Å². The summed E-state index contributed by atoms with van der Waals surface area (Å²) in [6.07, 6.45) is 1.25. The van der Waals surface area contributed by atoms with E-state index in [4.69, 9.17) is 4.89 Å². The number of nitrogens with one attached hydrogen (secondary N) is 1. The lowest BCUT2D eigenvalue weighted by molar-refractivity contribution is 0.327. The average Bonchev–Trinajstić information content (AvgIpc) is 1.91. The molecule has 0 heterocycles. The van der Waals surface area contributed by atoms with E-state index in [9.17, 15) is 0 Å². The van der Waals surface area contributed by atoms with Crippen molar-refractivity contribution in [3.63, 3.8) is 0 Å². The second-order valence-electron chi connectivity index (χ2n) is 1.75. The van der Waals surface area contributed by atoms with Gasteiger partial charge in [0.05, 0.1) is 6.61 Å². The Hall–Kier alpha value is 0.310. The summed E-state index contributed by atoms with van der Waals surface area (Å²) in [5.74, 6) is 0. The van der Waals surface area contributed by atoms with Crippen LogP contribution in [0.2, 0.25) is 0 Å². The standard InChI is InChI=1S/C3H10NO2P.C3H8/c1-4-2-3-6-7-5;1-3-2/h4-5,7H,2-3H2,1H3;3H2,1-2H3. The van der Waals surface area contributed by atoms with Gasteiger partial charge < -0.3 is 14.7 Å². The molecule has 0 amide bonds. The molecule has 0 aromatic heterocycles. The molecule has 0 saturated carbocycles. The van der Waals surface area contributed by atoms with Crippen LogP contribution in [0.1, 0.15) is 20.3 Å². The summed E-state index contributed by atoms with van der Waals surface area (Å²) >= 11 is 0. The summed E-state index contributed by atoms with van der Waals surface area (Å²) in [5.41, 5.74) is 0. The van der Waals surface area contributed by atoms with Crippen molar-refractivity contribution in [1.29, 1.82) is 0 Å². The summed E-state index contributed by atoms with van der Waals surface area (Å²) in [7, 11) is 1.46. The van der Waals surface area contributed by atoms with Crippen molar-refractivity contribution in [3.05, 3.63) is 0 Å². The van der Waals surface area contributed by atoms with Crippen LogP contribution in [0.15, 0.2) is 0 Å². The lowest BCUT2D eigenvalue weighted by atomic mass is 10.6. The van der Waals surface area contributed by atoms with Gasteiger partial charge in [-0.25, -0.2) is 0 Å². The maximum absolute atomic E-state index is 8.07. The molecule has 0 spiro atoms. The maximum Gasteiger partial charge on any atom is 0.152 e. The third-order valence-corrected chi connectivity index (χ3v) is 0.852. The first kappa shape index (κ1) is 12.9. The highest BCUT2D eigenvalue weighted by molar-refractivity contribution is 7.24. The SMILES string of the molecule is CCC.CNCCOPO. The molecule has 0 aliphatic rings. The summed E-state index contributed by atoms with van der Waals surface area (Å²) in [6, 6.07) is 0. The van der Waals surface area contributed by atoms with Crippen LogP contribution in [0.3, 0.4) is 0 Å². The van der Waals surface area contributed by atoms with Gasteiger partial charge in [-0.2, -0.15) is 0 Å². The van der Waals surface area contributed by atoms with Gasteiger partial charge in [0.1, 0.15) is 0 Å². The number of hydrogen-bond donors (Lipinski definition) is 2. The fourth-order valence-electron chi connectivity index (χ4n) is 0.199. The molecule has 0 rings (SSSR count). The quantitative estimate of drug-likeness (QED) is 0.487. The first-order valence-corrected chi connectivity index (χ1v) is 4.34. The largest absolute Gasteiger partial charge is 0.352 e. The van der Waals surface area contributed by atoms with Gasteiger partial charge in [-0.3, -0.25) is 0 Å². The maximum atomic E-state index is 8.07. The van der Waals surface area contributed by atoms with Crippen molar-refractivity contribution in [3.8, 4) is 0 Å². The van der Waals surface area contributed by atoms with E-state index in [-0.39, 0.29) is 9.03 Å². The Balaban J connectivity index is 0. The molecule has 0 aliphatic heterocycles. The third kappa shape index (κ3) is 23.9. The molecule has 0 radical (unpaired) electrons. The Kier molecular flexibility index (Phi) is 20.9. The molecule has 64 valence electrons. The molecule has 0 aromatic rings. The minimum Gasteiger partial charge on any atom is -0.352 e. The molecule has 1 atom stereocenters. The number of likely N-dealkylation sites (N-methyl/N-ethyl adjacent to an activating group) is 1. The van der Waals surface area contributed by atoms with Crippen LogP contribution in [-0.2, 0) is 4.52 Å². The van der Waals surface area contributed by atoms with Gasteiger partial charge in [0, 0.05) is 6.54 Å². The lowest BCUT2D eigenvalue weighted by Crippen LogP contribution is -2.11. The third-order valence-electron chi connectivity index (χ3n) is 0.519. The molecule has 3 nitrogen and oxygen atoms in total. The Labute approximate surface area is 65.1 Å². The molecular formula is C6H18NO2P.